The molecule has 0 heterocycles. The fraction of sp³-hybridized carbons (Fsp3) is 0.412. The molecule has 0 aromatic heterocycles. The number of rotatable bonds is 6. The number of nitrogens with zero attached hydrogens (tertiary/aromatic N) is 1. The first-order valence-corrected chi connectivity index (χ1v) is 7.01. The summed E-state index contributed by atoms with van der Waals surface area (Å²) < 4.78 is 0. The number of benzene rings is 2. The molecule has 1 atom stereocenters. The molecule has 0 saturated carbocycles. The second-order valence-corrected chi connectivity index (χ2v) is 5.56. The SMILES string of the molecule is CC(CCN(C)C)NCc1ccc2ccccc2c1. The van der Waals surface area contributed by atoms with Crippen molar-refractivity contribution in [3.63, 3.8) is 0 Å². The van der Waals surface area contributed by atoms with Gasteiger partial charge in [-0.15, -0.1) is 0 Å². The van der Waals surface area contributed by atoms with Gasteiger partial charge >= 0.3 is 0 Å². The number of hydrogen-bond acceptors (Lipinski definition) is 2. The Hall–Kier alpha value is -1.38. The highest BCUT2D eigenvalue weighted by Gasteiger charge is 2.02. The molecule has 0 aliphatic rings. The third-order valence-electron chi connectivity index (χ3n) is 3.48. The van der Waals surface area contributed by atoms with Crippen molar-refractivity contribution in [2.75, 3.05) is 20.6 Å². The summed E-state index contributed by atoms with van der Waals surface area (Å²) in [4.78, 5) is 2.23. The number of nitrogens with one attached hydrogen (secondary N) is 1. The van der Waals surface area contributed by atoms with Crippen LogP contribution in [0.1, 0.15) is 18.9 Å². The summed E-state index contributed by atoms with van der Waals surface area (Å²) >= 11 is 0. The molecule has 0 saturated heterocycles. The van der Waals surface area contributed by atoms with Gasteiger partial charge in [-0.25, -0.2) is 0 Å². The van der Waals surface area contributed by atoms with Gasteiger partial charge in [-0.1, -0.05) is 36.4 Å². The van der Waals surface area contributed by atoms with Gasteiger partial charge in [0.05, 0.1) is 0 Å². The van der Waals surface area contributed by atoms with Crippen LogP contribution < -0.4 is 5.32 Å². The van der Waals surface area contributed by atoms with E-state index in [0.29, 0.717) is 6.04 Å². The summed E-state index contributed by atoms with van der Waals surface area (Å²) in [5.41, 5.74) is 1.36. The zero-order chi connectivity index (χ0) is 13.7. The fourth-order valence-electron chi connectivity index (χ4n) is 2.19. The van der Waals surface area contributed by atoms with Crippen molar-refractivity contribution < 1.29 is 0 Å². The van der Waals surface area contributed by atoms with Crippen LogP contribution in [0.15, 0.2) is 42.5 Å². The fourth-order valence-corrected chi connectivity index (χ4v) is 2.19. The Morgan fingerprint density at radius 3 is 2.53 bits per heavy atom. The van der Waals surface area contributed by atoms with Gasteiger partial charge < -0.3 is 10.2 Å². The zero-order valence-electron chi connectivity index (χ0n) is 12.2. The van der Waals surface area contributed by atoms with Crippen molar-refractivity contribution in [3.05, 3.63) is 48.0 Å². The Labute approximate surface area is 116 Å². The number of fused-ring (bicyclic) bond motifs is 1. The zero-order valence-corrected chi connectivity index (χ0v) is 12.2. The smallest absolute Gasteiger partial charge is 0.0208 e. The molecule has 1 unspecified atom stereocenters. The lowest BCUT2D eigenvalue weighted by atomic mass is 10.1. The molecule has 2 aromatic rings. The highest BCUT2D eigenvalue weighted by atomic mass is 15.1. The van der Waals surface area contributed by atoms with Crippen LogP contribution in [-0.2, 0) is 6.54 Å². The monoisotopic (exact) mass is 256 g/mol. The Bertz CT molecular complexity index is 519. The Kier molecular flexibility index (Phi) is 4.94. The van der Waals surface area contributed by atoms with Crippen molar-refractivity contribution in [2.45, 2.75) is 25.9 Å². The summed E-state index contributed by atoms with van der Waals surface area (Å²) in [5.74, 6) is 0. The minimum atomic E-state index is 0.550. The van der Waals surface area contributed by atoms with E-state index in [0.717, 1.165) is 13.1 Å². The molecule has 2 nitrogen and oxygen atoms in total. The van der Waals surface area contributed by atoms with E-state index in [1.165, 1.54) is 22.8 Å². The van der Waals surface area contributed by atoms with Gasteiger partial charge in [0.1, 0.15) is 0 Å². The van der Waals surface area contributed by atoms with Crippen LogP contribution >= 0.6 is 0 Å². The van der Waals surface area contributed by atoms with Crippen LogP contribution in [0.4, 0.5) is 0 Å². The van der Waals surface area contributed by atoms with E-state index < -0.39 is 0 Å². The van der Waals surface area contributed by atoms with Gasteiger partial charge in [-0.3, -0.25) is 0 Å². The minimum absolute atomic E-state index is 0.550. The van der Waals surface area contributed by atoms with Crippen LogP contribution in [0.25, 0.3) is 10.8 Å². The molecule has 0 amide bonds. The average Bonchev–Trinajstić information content (AvgIpc) is 2.42. The Morgan fingerprint density at radius 1 is 1.05 bits per heavy atom. The van der Waals surface area contributed by atoms with E-state index in [-0.39, 0.29) is 0 Å². The third-order valence-corrected chi connectivity index (χ3v) is 3.48. The summed E-state index contributed by atoms with van der Waals surface area (Å²) in [6.45, 7) is 4.33. The molecule has 0 radical (unpaired) electrons. The average molecular weight is 256 g/mol. The van der Waals surface area contributed by atoms with Crippen molar-refractivity contribution >= 4 is 10.8 Å². The molecule has 2 heteroatoms. The van der Waals surface area contributed by atoms with Crippen LogP contribution in [0, 0.1) is 0 Å². The maximum Gasteiger partial charge on any atom is 0.0208 e. The summed E-state index contributed by atoms with van der Waals surface area (Å²) in [7, 11) is 4.24. The molecule has 0 spiro atoms. The lowest BCUT2D eigenvalue weighted by Crippen LogP contribution is -2.29. The molecule has 0 aliphatic carbocycles. The Balaban J connectivity index is 1.90. The molecule has 1 N–H and O–H groups in total. The van der Waals surface area contributed by atoms with E-state index in [1.54, 1.807) is 0 Å². The van der Waals surface area contributed by atoms with Gasteiger partial charge in [0, 0.05) is 12.6 Å². The first kappa shape index (κ1) is 14.0. The summed E-state index contributed by atoms with van der Waals surface area (Å²) in [6, 6.07) is 15.8. The molecular weight excluding hydrogens is 232 g/mol. The van der Waals surface area contributed by atoms with E-state index >= 15 is 0 Å². The van der Waals surface area contributed by atoms with E-state index in [4.69, 9.17) is 0 Å². The standard InChI is InChI=1S/C17H24N2/c1-14(10-11-19(2)3)18-13-15-8-9-16-6-4-5-7-17(16)12-15/h4-9,12,14,18H,10-11,13H2,1-3H3. The van der Waals surface area contributed by atoms with Gasteiger partial charge in [0.2, 0.25) is 0 Å². The molecule has 0 bridgehead atoms. The maximum absolute atomic E-state index is 3.59. The molecular formula is C17H24N2. The van der Waals surface area contributed by atoms with E-state index in [1.807, 2.05) is 0 Å². The highest BCUT2D eigenvalue weighted by Crippen LogP contribution is 2.15. The van der Waals surface area contributed by atoms with Gasteiger partial charge in [0.25, 0.3) is 0 Å². The predicted octanol–water partition coefficient (Wildman–Crippen LogP) is 3.27. The second kappa shape index (κ2) is 6.69. The van der Waals surface area contributed by atoms with Crippen molar-refractivity contribution in [3.8, 4) is 0 Å². The highest BCUT2D eigenvalue weighted by molar-refractivity contribution is 5.82. The second-order valence-electron chi connectivity index (χ2n) is 5.56. The first-order valence-electron chi connectivity index (χ1n) is 7.01. The van der Waals surface area contributed by atoms with Crippen LogP contribution in [0.5, 0.6) is 0 Å². The summed E-state index contributed by atoms with van der Waals surface area (Å²) in [5, 5.41) is 6.23. The van der Waals surface area contributed by atoms with E-state index in [2.05, 4.69) is 73.7 Å². The van der Waals surface area contributed by atoms with Gasteiger partial charge in [-0.2, -0.15) is 0 Å². The normalized spacial score (nSPS) is 13.1. The topological polar surface area (TPSA) is 15.3 Å². The summed E-state index contributed by atoms with van der Waals surface area (Å²) in [6.07, 6.45) is 1.18. The van der Waals surface area contributed by atoms with Gasteiger partial charge in [0.15, 0.2) is 0 Å². The quantitative estimate of drug-likeness (QED) is 0.853. The molecule has 2 aromatic carbocycles. The van der Waals surface area contributed by atoms with E-state index in [9.17, 15) is 0 Å². The van der Waals surface area contributed by atoms with Crippen molar-refractivity contribution in [2.24, 2.45) is 0 Å². The van der Waals surface area contributed by atoms with Crippen molar-refractivity contribution in [1.29, 1.82) is 0 Å². The number of hydrogen-bond donors (Lipinski definition) is 1. The molecule has 19 heavy (non-hydrogen) atoms. The molecule has 2 rings (SSSR count). The molecule has 102 valence electrons. The lowest BCUT2D eigenvalue weighted by Gasteiger charge is -2.16. The third kappa shape index (κ3) is 4.34. The van der Waals surface area contributed by atoms with Crippen LogP contribution in [0.3, 0.4) is 0 Å². The molecule has 0 fully saturated rings. The Morgan fingerprint density at radius 2 is 1.79 bits per heavy atom. The van der Waals surface area contributed by atoms with Crippen LogP contribution in [-0.4, -0.2) is 31.6 Å². The largest absolute Gasteiger partial charge is 0.310 e. The van der Waals surface area contributed by atoms with Crippen molar-refractivity contribution in [1.82, 2.24) is 10.2 Å². The lowest BCUT2D eigenvalue weighted by molar-refractivity contribution is 0.365. The van der Waals surface area contributed by atoms with Crippen LogP contribution in [0.2, 0.25) is 0 Å². The van der Waals surface area contributed by atoms with Gasteiger partial charge in [-0.05, 0) is 56.4 Å². The molecule has 0 aliphatic heterocycles. The minimum Gasteiger partial charge on any atom is -0.310 e. The predicted molar refractivity (Wildman–Crippen MR) is 83.4 cm³/mol. The first-order chi connectivity index (χ1) is 9.15. The maximum atomic E-state index is 3.59.